The SMILES string of the molecule is COc1ccc(S(=O)(=O)N2Cc3nc(C)c(C)nc3C[C@@H]2C(=O)O)cc1. The summed E-state index contributed by atoms with van der Waals surface area (Å²) in [5.41, 5.74) is 2.42. The average molecular weight is 377 g/mol. The zero-order chi connectivity index (χ0) is 19.1. The van der Waals surface area contributed by atoms with E-state index in [9.17, 15) is 18.3 Å². The fourth-order valence-corrected chi connectivity index (χ4v) is 4.42. The smallest absolute Gasteiger partial charge is 0.322 e. The first-order valence-electron chi connectivity index (χ1n) is 7.95. The van der Waals surface area contributed by atoms with E-state index in [0.29, 0.717) is 28.5 Å². The number of aromatic nitrogens is 2. The zero-order valence-corrected chi connectivity index (χ0v) is 15.4. The van der Waals surface area contributed by atoms with E-state index in [0.717, 1.165) is 4.31 Å². The number of nitrogens with zero attached hydrogens (tertiary/aromatic N) is 3. The van der Waals surface area contributed by atoms with Crippen LogP contribution in [-0.4, -0.2) is 46.9 Å². The van der Waals surface area contributed by atoms with E-state index in [4.69, 9.17) is 4.74 Å². The molecule has 8 nitrogen and oxygen atoms in total. The molecule has 0 amide bonds. The molecule has 0 saturated carbocycles. The third-order valence-electron chi connectivity index (χ3n) is 4.45. The summed E-state index contributed by atoms with van der Waals surface area (Å²) >= 11 is 0. The lowest BCUT2D eigenvalue weighted by Crippen LogP contribution is -2.49. The van der Waals surface area contributed by atoms with Crippen LogP contribution in [0.2, 0.25) is 0 Å². The molecule has 138 valence electrons. The number of aliphatic carboxylic acids is 1. The van der Waals surface area contributed by atoms with Crippen LogP contribution in [0, 0.1) is 13.8 Å². The average Bonchev–Trinajstić information content (AvgIpc) is 2.61. The Morgan fingerprint density at radius 2 is 1.73 bits per heavy atom. The van der Waals surface area contributed by atoms with Gasteiger partial charge in [0.25, 0.3) is 0 Å². The van der Waals surface area contributed by atoms with Crippen molar-refractivity contribution in [2.75, 3.05) is 7.11 Å². The standard InChI is InChI=1S/C17H19N3O5S/c1-10-11(2)19-15-9-20(16(17(21)22)8-14(15)18-10)26(23,24)13-6-4-12(25-3)5-7-13/h4-7,16H,8-9H2,1-3H3,(H,21,22)/t16-/m1/s1. The Kier molecular flexibility index (Phi) is 4.68. The largest absolute Gasteiger partial charge is 0.497 e. The Hall–Kier alpha value is -2.52. The van der Waals surface area contributed by atoms with Gasteiger partial charge in [0.2, 0.25) is 10.0 Å². The molecule has 0 unspecified atom stereocenters. The highest BCUT2D eigenvalue weighted by molar-refractivity contribution is 7.89. The second-order valence-electron chi connectivity index (χ2n) is 6.07. The monoisotopic (exact) mass is 377 g/mol. The Labute approximate surface area is 151 Å². The van der Waals surface area contributed by atoms with Crippen molar-refractivity contribution in [1.82, 2.24) is 14.3 Å². The van der Waals surface area contributed by atoms with Gasteiger partial charge in [0.15, 0.2) is 0 Å². The fourth-order valence-electron chi connectivity index (χ4n) is 2.87. The Morgan fingerprint density at radius 1 is 1.15 bits per heavy atom. The Balaban J connectivity index is 2.05. The molecule has 0 spiro atoms. The molecule has 0 radical (unpaired) electrons. The minimum Gasteiger partial charge on any atom is -0.497 e. The van der Waals surface area contributed by atoms with E-state index in [1.807, 2.05) is 0 Å². The Bertz CT molecular complexity index is 957. The fraction of sp³-hybridized carbons (Fsp3) is 0.353. The number of hydrogen-bond acceptors (Lipinski definition) is 6. The number of fused-ring (bicyclic) bond motifs is 1. The number of carboxylic acids is 1. The molecule has 3 rings (SSSR count). The Morgan fingerprint density at radius 3 is 2.27 bits per heavy atom. The molecule has 1 aliphatic heterocycles. The van der Waals surface area contributed by atoms with Crippen molar-refractivity contribution in [2.24, 2.45) is 0 Å². The first-order valence-corrected chi connectivity index (χ1v) is 9.39. The number of ether oxygens (including phenoxy) is 1. The lowest BCUT2D eigenvalue weighted by Gasteiger charge is -2.32. The summed E-state index contributed by atoms with van der Waals surface area (Å²) in [6.07, 6.45) is -0.0197. The molecule has 1 aromatic heterocycles. The summed E-state index contributed by atoms with van der Waals surface area (Å²) in [5.74, 6) is -0.701. The summed E-state index contributed by atoms with van der Waals surface area (Å²) in [6, 6.07) is 4.61. The zero-order valence-electron chi connectivity index (χ0n) is 14.6. The molecule has 1 aliphatic rings. The highest BCUT2D eigenvalue weighted by atomic mass is 32.2. The molecule has 1 aromatic carbocycles. The number of aryl methyl sites for hydroxylation is 2. The molecular formula is C17H19N3O5S. The second-order valence-corrected chi connectivity index (χ2v) is 7.96. The van der Waals surface area contributed by atoms with Crippen molar-refractivity contribution in [3.05, 3.63) is 47.0 Å². The van der Waals surface area contributed by atoms with Crippen molar-refractivity contribution >= 4 is 16.0 Å². The van der Waals surface area contributed by atoms with Crippen molar-refractivity contribution in [3.8, 4) is 5.75 Å². The number of carbonyl (C=O) groups is 1. The molecule has 0 aliphatic carbocycles. The van der Waals surface area contributed by atoms with Crippen LogP contribution >= 0.6 is 0 Å². The molecule has 0 bridgehead atoms. The van der Waals surface area contributed by atoms with Gasteiger partial charge in [0.05, 0.1) is 41.3 Å². The van der Waals surface area contributed by atoms with E-state index < -0.39 is 22.0 Å². The van der Waals surface area contributed by atoms with Crippen LogP contribution < -0.4 is 4.74 Å². The summed E-state index contributed by atoms with van der Waals surface area (Å²) < 4.78 is 32.1. The molecule has 2 heterocycles. The molecule has 9 heteroatoms. The van der Waals surface area contributed by atoms with Gasteiger partial charge in [-0.05, 0) is 38.1 Å². The maximum atomic E-state index is 13.0. The number of hydrogen-bond donors (Lipinski definition) is 1. The van der Waals surface area contributed by atoms with Crippen molar-refractivity contribution in [1.29, 1.82) is 0 Å². The highest BCUT2D eigenvalue weighted by Gasteiger charge is 2.41. The minimum atomic E-state index is -4.02. The topological polar surface area (TPSA) is 110 Å². The van der Waals surface area contributed by atoms with Crippen LogP contribution in [0.3, 0.4) is 0 Å². The molecule has 26 heavy (non-hydrogen) atoms. The van der Waals surface area contributed by atoms with E-state index in [1.54, 1.807) is 13.8 Å². The van der Waals surface area contributed by atoms with Gasteiger partial charge in [0, 0.05) is 6.42 Å². The minimum absolute atomic E-state index is 0.00444. The highest BCUT2D eigenvalue weighted by Crippen LogP contribution is 2.29. The van der Waals surface area contributed by atoms with E-state index in [2.05, 4.69) is 9.97 Å². The van der Waals surface area contributed by atoms with Crippen LogP contribution in [0.4, 0.5) is 0 Å². The van der Waals surface area contributed by atoms with Gasteiger partial charge in [-0.2, -0.15) is 4.31 Å². The maximum absolute atomic E-state index is 13.0. The van der Waals surface area contributed by atoms with Crippen LogP contribution in [-0.2, 0) is 27.8 Å². The maximum Gasteiger partial charge on any atom is 0.322 e. The van der Waals surface area contributed by atoms with Crippen molar-refractivity contribution in [2.45, 2.75) is 37.8 Å². The quantitative estimate of drug-likeness (QED) is 0.855. The number of benzene rings is 1. The van der Waals surface area contributed by atoms with Crippen LogP contribution in [0.5, 0.6) is 5.75 Å². The third-order valence-corrected chi connectivity index (χ3v) is 6.32. The molecular weight excluding hydrogens is 358 g/mol. The number of rotatable bonds is 4. The van der Waals surface area contributed by atoms with Gasteiger partial charge in [-0.3, -0.25) is 14.8 Å². The van der Waals surface area contributed by atoms with Gasteiger partial charge in [0.1, 0.15) is 11.8 Å². The van der Waals surface area contributed by atoms with E-state index >= 15 is 0 Å². The van der Waals surface area contributed by atoms with Gasteiger partial charge in [-0.1, -0.05) is 0 Å². The van der Waals surface area contributed by atoms with E-state index in [1.165, 1.54) is 31.4 Å². The van der Waals surface area contributed by atoms with E-state index in [-0.39, 0.29) is 17.9 Å². The number of sulfonamides is 1. The molecule has 1 atom stereocenters. The summed E-state index contributed by atoms with van der Waals surface area (Å²) in [4.78, 5) is 20.5. The van der Waals surface area contributed by atoms with Gasteiger partial charge in [-0.15, -0.1) is 0 Å². The first-order chi connectivity index (χ1) is 12.2. The molecule has 2 aromatic rings. The number of carboxylic acid groups (broad SMARTS) is 1. The van der Waals surface area contributed by atoms with Crippen LogP contribution in [0.1, 0.15) is 22.8 Å². The van der Waals surface area contributed by atoms with Gasteiger partial charge >= 0.3 is 5.97 Å². The molecule has 0 fully saturated rings. The summed E-state index contributed by atoms with van der Waals surface area (Å²) in [7, 11) is -2.54. The predicted octanol–water partition coefficient (Wildman–Crippen LogP) is 1.30. The van der Waals surface area contributed by atoms with Crippen LogP contribution in [0.25, 0.3) is 0 Å². The lowest BCUT2D eigenvalue weighted by atomic mass is 10.0. The summed E-state index contributed by atoms with van der Waals surface area (Å²) in [6.45, 7) is 3.45. The van der Waals surface area contributed by atoms with Crippen molar-refractivity contribution in [3.63, 3.8) is 0 Å². The van der Waals surface area contributed by atoms with Crippen molar-refractivity contribution < 1.29 is 23.1 Å². The lowest BCUT2D eigenvalue weighted by molar-refractivity contribution is -0.141. The normalized spacial score (nSPS) is 17.6. The molecule has 0 saturated heterocycles. The number of methoxy groups -OCH3 is 1. The second kappa shape index (κ2) is 6.65. The first kappa shape index (κ1) is 18.3. The van der Waals surface area contributed by atoms with Crippen LogP contribution in [0.15, 0.2) is 29.2 Å². The third kappa shape index (κ3) is 3.15. The van der Waals surface area contributed by atoms with Gasteiger partial charge < -0.3 is 9.84 Å². The molecule has 1 N–H and O–H groups in total. The summed E-state index contributed by atoms with van der Waals surface area (Å²) in [5, 5.41) is 9.58. The predicted molar refractivity (Wildman–Crippen MR) is 92.4 cm³/mol. The van der Waals surface area contributed by atoms with Gasteiger partial charge in [-0.25, -0.2) is 8.42 Å².